The van der Waals surface area contributed by atoms with E-state index >= 15 is 0 Å². The van der Waals surface area contributed by atoms with E-state index in [0.717, 1.165) is 22.5 Å². The molecule has 0 aliphatic rings. The third-order valence-electron chi connectivity index (χ3n) is 5.40. The van der Waals surface area contributed by atoms with Gasteiger partial charge in [0.2, 0.25) is 0 Å². The normalized spacial score (nSPS) is 11.1. The third-order valence-corrected chi connectivity index (χ3v) is 5.40. The fraction of sp³-hybridized carbons (Fsp3) is 0.273. The molecule has 0 spiro atoms. The Kier molecular flexibility index (Phi) is 5.10. The number of amides is 1. The Labute approximate surface area is 178 Å². The van der Waals surface area contributed by atoms with E-state index in [2.05, 4.69) is 20.5 Å². The van der Waals surface area contributed by atoms with Gasteiger partial charge < -0.3 is 15.0 Å². The van der Waals surface area contributed by atoms with Gasteiger partial charge in [-0.2, -0.15) is 10.2 Å². The van der Waals surface area contributed by atoms with Crippen LogP contribution in [0.2, 0.25) is 0 Å². The average Bonchev–Trinajstić information content (AvgIpc) is 3.21. The third kappa shape index (κ3) is 3.37. The number of hydrogen-bond donors (Lipinski definition) is 2. The molecule has 160 valence electrons. The molecule has 1 amide bonds. The number of nitrogens with zero attached hydrogens (tertiary/aromatic N) is 4. The highest BCUT2D eigenvalue weighted by atomic mass is 16.5. The van der Waals surface area contributed by atoms with Crippen molar-refractivity contribution in [1.82, 2.24) is 29.7 Å². The van der Waals surface area contributed by atoms with Gasteiger partial charge in [-0.1, -0.05) is 0 Å². The van der Waals surface area contributed by atoms with Crippen LogP contribution in [0.3, 0.4) is 0 Å². The van der Waals surface area contributed by atoms with E-state index in [1.54, 1.807) is 40.6 Å². The molecular formula is C22H24N6O3. The van der Waals surface area contributed by atoms with Crippen LogP contribution < -0.4 is 15.6 Å². The Morgan fingerprint density at radius 2 is 2.00 bits per heavy atom. The highest BCUT2D eigenvalue weighted by molar-refractivity contribution is 6.04. The smallest absolute Gasteiger partial charge is 0.256 e. The van der Waals surface area contributed by atoms with Crippen LogP contribution in [0.1, 0.15) is 32.7 Å². The Balaban J connectivity index is 1.77. The fourth-order valence-electron chi connectivity index (χ4n) is 3.95. The standard InChI is InChI=1S/C22H24N6O3/c1-12-10-25-27(4)19(12)20-14(3)18(16-7-6-8-24-28(16)20)22(30)23-11-15-17(31-5)9-13(2)26-21(15)29/h6-10H,11H2,1-5H3,(H,23,30)(H,26,29). The zero-order valence-corrected chi connectivity index (χ0v) is 18.1. The Morgan fingerprint density at radius 3 is 2.68 bits per heavy atom. The molecule has 0 radical (unpaired) electrons. The van der Waals surface area contributed by atoms with Crippen molar-refractivity contribution in [3.8, 4) is 17.1 Å². The first-order valence-corrected chi connectivity index (χ1v) is 9.83. The molecule has 0 fully saturated rings. The van der Waals surface area contributed by atoms with E-state index < -0.39 is 0 Å². The Morgan fingerprint density at radius 1 is 1.23 bits per heavy atom. The minimum absolute atomic E-state index is 0.0364. The number of methoxy groups -OCH3 is 1. The van der Waals surface area contributed by atoms with E-state index in [0.29, 0.717) is 28.1 Å². The summed E-state index contributed by atoms with van der Waals surface area (Å²) in [5.74, 6) is 0.143. The van der Waals surface area contributed by atoms with Gasteiger partial charge in [0.05, 0.1) is 47.9 Å². The first-order valence-electron chi connectivity index (χ1n) is 9.83. The molecule has 0 aliphatic carbocycles. The molecule has 0 aromatic carbocycles. The van der Waals surface area contributed by atoms with Crippen LogP contribution in [0.25, 0.3) is 16.9 Å². The zero-order chi connectivity index (χ0) is 22.3. The topological polar surface area (TPSA) is 106 Å². The van der Waals surface area contributed by atoms with E-state index in [-0.39, 0.29) is 18.0 Å². The first kappa shape index (κ1) is 20.4. The van der Waals surface area contributed by atoms with Crippen molar-refractivity contribution >= 4 is 11.4 Å². The maximum atomic E-state index is 13.3. The number of carbonyl (C=O) groups is 1. The van der Waals surface area contributed by atoms with Crippen LogP contribution in [0.15, 0.2) is 35.4 Å². The molecule has 0 aliphatic heterocycles. The van der Waals surface area contributed by atoms with E-state index in [9.17, 15) is 9.59 Å². The van der Waals surface area contributed by atoms with Crippen molar-refractivity contribution in [2.24, 2.45) is 7.05 Å². The quantitative estimate of drug-likeness (QED) is 0.515. The lowest BCUT2D eigenvalue weighted by Gasteiger charge is -2.10. The molecule has 0 saturated carbocycles. The molecule has 4 heterocycles. The molecule has 0 unspecified atom stereocenters. The summed E-state index contributed by atoms with van der Waals surface area (Å²) < 4.78 is 8.86. The van der Waals surface area contributed by atoms with Gasteiger partial charge in [0.1, 0.15) is 5.75 Å². The van der Waals surface area contributed by atoms with Gasteiger partial charge in [0, 0.05) is 18.9 Å². The molecule has 4 aromatic heterocycles. The number of carbonyl (C=O) groups excluding carboxylic acids is 1. The second kappa shape index (κ2) is 7.75. The summed E-state index contributed by atoms with van der Waals surface area (Å²) in [6.45, 7) is 5.68. The van der Waals surface area contributed by atoms with Crippen molar-refractivity contribution in [2.45, 2.75) is 27.3 Å². The van der Waals surface area contributed by atoms with Gasteiger partial charge in [0.15, 0.2) is 0 Å². The highest BCUT2D eigenvalue weighted by Gasteiger charge is 2.25. The van der Waals surface area contributed by atoms with Gasteiger partial charge in [-0.05, 0) is 50.1 Å². The van der Waals surface area contributed by atoms with Crippen LogP contribution in [0, 0.1) is 20.8 Å². The van der Waals surface area contributed by atoms with Gasteiger partial charge >= 0.3 is 0 Å². The summed E-state index contributed by atoms with van der Waals surface area (Å²) in [7, 11) is 3.36. The monoisotopic (exact) mass is 420 g/mol. The number of nitrogens with one attached hydrogen (secondary N) is 2. The maximum absolute atomic E-state index is 13.3. The summed E-state index contributed by atoms with van der Waals surface area (Å²) in [4.78, 5) is 28.4. The lowest BCUT2D eigenvalue weighted by Crippen LogP contribution is -2.28. The van der Waals surface area contributed by atoms with Crippen LogP contribution in [0.4, 0.5) is 0 Å². The lowest BCUT2D eigenvalue weighted by atomic mass is 10.1. The van der Waals surface area contributed by atoms with Gasteiger partial charge in [-0.15, -0.1) is 0 Å². The van der Waals surface area contributed by atoms with E-state index in [1.165, 1.54) is 7.11 Å². The van der Waals surface area contributed by atoms with Gasteiger partial charge in [0.25, 0.3) is 11.5 Å². The first-order chi connectivity index (χ1) is 14.8. The number of aryl methyl sites for hydroxylation is 3. The number of aromatic amines is 1. The van der Waals surface area contributed by atoms with Crippen LogP contribution in [-0.4, -0.2) is 37.4 Å². The Hall–Kier alpha value is -3.88. The molecule has 0 bridgehead atoms. The van der Waals surface area contributed by atoms with Crippen molar-refractivity contribution in [3.05, 3.63) is 68.9 Å². The fourth-order valence-corrected chi connectivity index (χ4v) is 3.95. The molecule has 9 heteroatoms. The van der Waals surface area contributed by atoms with Crippen molar-refractivity contribution in [3.63, 3.8) is 0 Å². The molecule has 9 nitrogen and oxygen atoms in total. The molecule has 31 heavy (non-hydrogen) atoms. The lowest BCUT2D eigenvalue weighted by molar-refractivity contribution is 0.0951. The SMILES string of the molecule is COc1cc(C)[nH]c(=O)c1CNC(=O)c1c(C)c(-c2c(C)cnn2C)n2ncccc12. The molecule has 0 saturated heterocycles. The largest absolute Gasteiger partial charge is 0.496 e. The van der Waals surface area contributed by atoms with Crippen LogP contribution in [-0.2, 0) is 13.6 Å². The number of aromatic nitrogens is 5. The van der Waals surface area contributed by atoms with Crippen LogP contribution in [0.5, 0.6) is 5.75 Å². The summed E-state index contributed by atoms with van der Waals surface area (Å²) in [5.41, 5.74) is 5.42. The Bertz CT molecular complexity index is 1340. The van der Waals surface area contributed by atoms with Crippen molar-refractivity contribution in [1.29, 1.82) is 0 Å². The highest BCUT2D eigenvalue weighted by Crippen LogP contribution is 2.32. The second-order valence-electron chi connectivity index (χ2n) is 7.48. The number of rotatable bonds is 5. The maximum Gasteiger partial charge on any atom is 0.256 e. The molecular weight excluding hydrogens is 396 g/mol. The molecule has 4 aromatic rings. The number of pyridine rings is 1. The molecule has 4 rings (SSSR count). The number of ether oxygens (including phenoxy) is 1. The average molecular weight is 420 g/mol. The van der Waals surface area contributed by atoms with Gasteiger partial charge in [-0.25, -0.2) is 4.52 Å². The summed E-state index contributed by atoms with van der Waals surface area (Å²) in [6, 6.07) is 5.37. The minimum Gasteiger partial charge on any atom is -0.496 e. The van der Waals surface area contributed by atoms with Crippen LogP contribution >= 0.6 is 0 Å². The zero-order valence-electron chi connectivity index (χ0n) is 18.1. The summed E-state index contributed by atoms with van der Waals surface area (Å²) in [5, 5.41) is 11.7. The predicted octanol–water partition coefficient (Wildman–Crippen LogP) is 2.29. The number of fused-ring (bicyclic) bond motifs is 1. The molecule has 2 N–H and O–H groups in total. The van der Waals surface area contributed by atoms with Gasteiger partial charge in [-0.3, -0.25) is 14.3 Å². The van der Waals surface area contributed by atoms with Crippen molar-refractivity contribution in [2.75, 3.05) is 7.11 Å². The number of hydrogen-bond acceptors (Lipinski definition) is 5. The summed E-state index contributed by atoms with van der Waals surface area (Å²) in [6.07, 6.45) is 3.47. The van der Waals surface area contributed by atoms with E-state index in [1.807, 2.05) is 27.0 Å². The predicted molar refractivity (Wildman–Crippen MR) is 116 cm³/mol. The summed E-state index contributed by atoms with van der Waals surface area (Å²) >= 11 is 0. The number of H-pyrrole nitrogens is 1. The minimum atomic E-state index is -0.295. The second-order valence-corrected chi connectivity index (χ2v) is 7.48. The molecule has 0 atom stereocenters. The van der Waals surface area contributed by atoms with E-state index in [4.69, 9.17) is 4.74 Å². The van der Waals surface area contributed by atoms with Crippen molar-refractivity contribution < 1.29 is 9.53 Å².